The summed E-state index contributed by atoms with van der Waals surface area (Å²) in [4.78, 5) is 6.54. The molecule has 0 spiro atoms. The maximum absolute atomic E-state index is 14.5. The van der Waals surface area contributed by atoms with Crippen LogP contribution in [-0.4, -0.2) is 56.8 Å². The first-order valence-corrected chi connectivity index (χ1v) is 9.43. The molecule has 1 unspecified atom stereocenters. The van der Waals surface area contributed by atoms with Crippen LogP contribution in [-0.2, 0) is 4.74 Å². The second kappa shape index (κ2) is 9.53. The third-order valence-electron chi connectivity index (χ3n) is 4.83. The minimum Gasteiger partial charge on any atom is -0.377 e. The lowest BCUT2D eigenvalue weighted by molar-refractivity contribution is 0.0268. The number of hydrogen-bond donors (Lipinski definition) is 2. The molecule has 146 valence electrons. The summed E-state index contributed by atoms with van der Waals surface area (Å²) < 4.78 is 19.9. The Morgan fingerprint density at radius 1 is 1.35 bits per heavy atom. The normalized spacial score (nSPS) is 17.4. The molecule has 5 nitrogen and oxygen atoms in total. The Bertz CT molecular complexity index is 597. The average Bonchev–Trinajstić information content (AvgIpc) is 3.14. The van der Waals surface area contributed by atoms with E-state index in [1.54, 1.807) is 26.3 Å². The van der Waals surface area contributed by atoms with Crippen LogP contribution in [0.1, 0.15) is 38.3 Å². The van der Waals surface area contributed by atoms with Gasteiger partial charge in [0.25, 0.3) is 0 Å². The molecule has 0 bridgehead atoms. The minimum atomic E-state index is -0.305. The van der Waals surface area contributed by atoms with Crippen molar-refractivity contribution in [1.82, 2.24) is 15.5 Å². The number of nitrogens with one attached hydrogen (secondary N) is 2. The Morgan fingerprint density at radius 2 is 2.04 bits per heavy atom. The number of rotatable bonds is 7. The first-order chi connectivity index (χ1) is 12.4. The second-order valence-corrected chi connectivity index (χ2v) is 7.57. The number of halogens is 2. The van der Waals surface area contributed by atoms with Gasteiger partial charge in [0.1, 0.15) is 5.82 Å². The summed E-state index contributed by atoms with van der Waals surface area (Å²) in [5.74, 6) is 0.395. The van der Waals surface area contributed by atoms with Crippen LogP contribution >= 0.6 is 11.6 Å². The smallest absolute Gasteiger partial charge is 0.191 e. The van der Waals surface area contributed by atoms with Crippen LogP contribution in [0.2, 0.25) is 5.02 Å². The maximum Gasteiger partial charge on any atom is 0.191 e. The van der Waals surface area contributed by atoms with E-state index >= 15 is 0 Å². The summed E-state index contributed by atoms with van der Waals surface area (Å²) in [6, 6.07) is 4.72. The molecule has 1 aromatic carbocycles. The number of methoxy groups -OCH3 is 1. The molecule has 1 aliphatic rings. The van der Waals surface area contributed by atoms with Crippen LogP contribution < -0.4 is 10.6 Å². The van der Waals surface area contributed by atoms with Gasteiger partial charge >= 0.3 is 0 Å². The molecule has 7 heteroatoms. The Labute approximate surface area is 161 Å². The molecule has 0 saturated carbocycles. The largest absolute Gasteiger partial charge is 0.377 e. The molecular formula is C19H30ClFN4O. The van der Waals surface area contributed by atoms with E-state index in [4.69, 9.17) is 16.3 Å². The molecule has 1 saturated heterocycles. The molecule has 1 fully saturated rings. The van der Waals surface area contributed by atoms with Crippen LogP contribution in [0.5, 0.6) is 0 Å². The van der Waals surface area contributed by atoms with Crippen molar-refractivity contribution in [3.05, 3.63) is 34.6 Å². The fourth-order valence-electron chi connectivity index (χ4n) is 3.08. The van der Waals surface area contributed by atoms with Gasteiger partial charge in [0.15, 0.2) is 5.96 Å². The van der Waals surface area contributed by atoms with E-state index < -0.39 is 0 Å². The van der Waals surface area contributed by atoms with Crippen LogP contribution in [0.25, 0.3) is 0 Å². The molecule has 1 atom stereocenters. The predicted octanol–water partition coefficient (Wildman–Crippen LogP) is 3.21. The molecule has 26 heavy (non-hydrogen) atoms. The van der Waals surface area contributed by atoms with Crippen molar-refractivity contribution < 1.29 is 9.13 Å². The first kappa shape index (κ1) is 20.9. The van der Waals surface area contributed by atoms with Crippen molar-refractivity contribution in [2.24, 2.45) is 4.99 Å². The zero-order valence-electron chi connectivity index (χ0n) is 16.1. The zero-order chi connectivity index (χ0) is 19.2. The predicted molar refractivity (Wildman–Crippen MR) is 105 cm³/mol. The van der Waals surface area contributed by atoms with Gasteiger partial charge in [-0.1, -0.05) is 17.7 Å². The lowest BCUT2D eigenvalue weighted by Crippen LogP contribution is -2.47. The van der Waals surface area contributed by atoms with Crippen LogP contribution in [0.15, 0.2) is 23.2 Å². The summed E-state index contributed by atoms with van der Waals surface area (Å²) in [5, 5.41) is 7.03. The van der Waals surface area contributed by atoms with Gasteiger partial charge in [-0.3, -0.25) is 9.89 Å². The summed E-state index contributed by atoms with van der Waals surface area (Å²) >= 11 is 6.33. The summed E-state index contributed by atoms with van der Waals surface area (Å²) in [7, 11) is 3.40. The highest BCUT2D eigenvalue weighted by Crippen LogP contribution is 2.31. The van der Waals surface area contributed by atoms with E-state index in [9.17, 15) is 4.39 Å². The highest BCUT2D eigenvalue weighted by Gasteiger charge is 2.28. The van der Waals surface area contributed by atoms with Gasteiger partial charge in [-0.05, 0) is 51.9 Å². The van der Waals surface area contributed by atoms with Gasteiger partial charge in [-0.2, -0.15) is 0 Å². The Morgan fingerprint density at radius 3 is 2.62 bits per heavy atom. The highest BCUT2D eigenvalue weighted by molar-refractivity contribution is 6.31. The zero-order valence-corrected chi connectivity index (χ0v) is 16.9. The van der Waals surface area contributed by atoms with Crippen molar-refractivity contribution in [1.29, 1.82) is 0 Å². The fraction of sp³-hybridized carbons (Fsp3) is 0.632. The molecule has 0 aromatic heterocycles. The molecule has 2 N–H and O–H groups in total. The van der Waals surface area contributed by atoms with Gasteiger partial charge in [0.2, 0.25) is 0 Å². The van der Waals surface area contributed by atoms with Gasteiger partial charge in [-0.25, -0.2) is 4.39 Å². The van der Waals surface area contributed by atoms with Crippen molar-refractivity contribution in [2.45, 2.75) is 38.3 Å². The van der Waals surface area contributed by atoms with Crippen molar-refractivity contribution in [3.63, 3.8) is 0 Å². The molecule has 0 radical (unpaired) electrons. The summed E-state index contributed by atoms with van der Waals surface area (Å²) in [6.07, 6.45) is 2.25. The van der Waals surface area contributed by atoms with E-state index in [2.05, 4.69) is 20.5 Å². The summed E-state index contributed by atoms with van der Waals surface area (Å²) in [6.45, 7) is 7.02. The Hall–Kier alpha value is -1.37. The summed E-state index contributed by atoms with van der Waals surface area (Å²) in [5.41, 5.74) is 0.247. The standard InChI is InChI=1S/C19H30ClFN4O/c1-19(2,26-4)13-24-18(22-3)23-12-16(25-10-5-6-11-25)17-14(20)8-7-9-15(17)21/h7-9,16H,5-6,10-13H2,1-4H3,(H2,22,23,24). The Kier molecular flexibility index (Phi) is 7.68. The fourth-order valence-corrected chi connectivity index (χ4v) is 3.37. The van der Waals surface area contributed by atoms with E-state index in [0.29, 0.717) is 29.6 Å². The number of likely N-dealkylation sites (tertiary alicyclic amines) is 1. The third-order valence-corrected chi connectivity index (χ3v) is 5.16. The minimum absolute atomic E-state index is 0.139. The SMILES string of the molecule is CN=C(NCC(c1c(F)cccc1Cl)N1CCCC1)NCC(C)(C)OC. The number of aliphatic imine (C=N–C) groups is 1. The first-order valence-electron chi connectivity index (χ1n) is 9.05. The molecule has 1 aliphatic heterocycles. The number of nitrogens with zero attached hydrogens (tertiary/aromatic N) is 2. The number of ether oxygens (including phenoxy) is 1. The number of hydrogen-bond acceptors (Lipinski definition) is 3. The molecule has 0 aliphatic carbocycles. The van der Waals surface area contributed by atoms with Gasteiger partial charge in [0.05, 0.1) is 11.6 Å². The topological polar surface area (TPSA) is 48.9 Å². The lowest BCUT2D eigenvalue weighted by Gasteiger charge is -2.30. The van der Waals surface area contributed by atoms with E-state index in [0.717, 1.165) is 25.9 Å². The van der Waals surface area contributed by atoms with Gasteiger partial charge in [-0.15, -0.1) is 0 Å². The van der Waals surface area contributed by atoms with E-state index in [1.165, 1.54) is 6.07 Å². The lowest BCUT2D eigenvalue weighted by atomic mass is 10.0. The van der Waals surface area contributed by atoms with Crippen LogP contribution in [0.3, 0.4) is 0 Å². The average molecular weight is 385 g/mol. The number of guanidine groups is 1. The van der Waals surface area contributed by atoms with Gasteiger partial charge in [0, 0.05) is 37.8 Å². The van der Waals surface area contributed by atoms with E-state index in [-0.39, 0.29) is 17.5 Å². The van der Waals surface area contributed by atoms with Gasteiger partial charge < -0.3 is 15.4 Å². The van der Waals surface area contributed by atoms with E-state index in [1.807, 2.05) is 13.8 Å². The van der Waals surface area contributed by atoms with Crippen molar-refractivity contribution >= 4 is 17.6 Å². The molecule has 0 amide bonds. The molecule has 1 heterocycles. The molecule has 2 rings (SSSR count). The third kappa shape index (κ3) is 5.56. The van der Waals surface area contributed by atoms with Crippen molar-refractivity contribution in [3.8, 4) is 0 Å². The monoisotopic (exact) mass is 384 g/mol. The Balaban J connectivity index is 2.10. The quantitative estimate of drug-likeness (QED) is 0.560. The molecular weight excluding hydrogens is 355 g/mol. The highest BCUT2D eigenvalue weighted by atomic mass is 35.5. The van der Waals surface area contributed by atoms with Crippen LogP contribution in [0, 0.1) is 5.82 Å². The molecule has 1 aromatic rings. The maximum atomic E-state index is 14.5. The van der Waals surface area contributed by atoms with Crippen molar-refractivity contribution in [2.75, 3.05) is 40.3 Å². The van der Waals surface area contributed by atoms with Crippen LogP contribution in [0.4, 0.5) is 4.39 Å². The second-order valence-electron chi connectivity index (χ2n) is 7.16. The number of benzene rings is 1.